The van der Waals surface area contributed by atoms with Crippen LogP contribution in [0.25, 0.3) is 6.08 Å². The Balaban J connectivity index is 2.47. The molecular weight excluding hydrogens is 188 g/mol. The van der Waals surface area contributed by atoms with Crippen molar-refractivity contribution in [3.05, 3.63) is 34.9 Å². The van der Waals surface area contributed by atoms with Crippen molar-refractivity contribution in [2.75, 3.05) is 11.9 Å². The van der Waals surface area contributed by atoms with Crippen LogP contribution in [-0.2, 0) is 11.2 Å². The Kier molecular flexibility index (Phi) is 2.56. The van der Waals surface area contributed by atoms with E-state index < -0.39 is 0 Å². The molecule has 0 aromatic heterocycles. The molecule has 3 N–H and O–H groups in total. The summed E-state index contributed by atoms with van der Waals surface area (Å²) in [5, 5.41) is 2.87. The molecule has 1 heterocycles. The lowest BCUT2D eigenvalue weighted by atomic mass is 10.0. The number of hydrogen-bond donors (Lipinski definition) is 2. The summed E-state index contributed by atoms with van der Waals surface area (Å²) in [6.45, 7) is 2.54. The van der Waals surface area contributed by atoms with E-state index in [0.717, 1.165) is 16.8 Å². The number of anilines is 1. The smallest absolute Gasteiger partial charge is 0.228 e. The van der Waals surface area contributed by atoms with Crippen LogP contribution in [0.15, 0.2) is 18.2 Å². The monoisotopic (exact) mass is 202 g/mol. The number of benzene rings is 1. The molecule has 1 amide bonds. The highest BCUT2D eigenvalue weighted by molar-refractivity contribution is 6.01. The highest BCUT2D eigenvalue weighted by Gasteiger charge is 2.19. The molecule has 0 aliphatic carbocycles. The summed E-state index contributed by atoms with van der Waals surface area (Å²) < 4.78 is 0. The van der Waals surface area contributed by atoms with Gasteiger partial charge in [-0.2, -0.15) is 0 Å². The Morgan fingerprint density at radius 2 is 2.33 bits per heavy atom. The fourth-order valence-electron chi connectivity index (χ4n) is 1.87. The SMILES string of the molecule is Cc1cc(/C=C/CN)c2c(c1)CC(=O)N2. The van der Waals surface area contributed by atoms with Crippen molar-refractivity contribution >= 4 is 17.7 Å². The summed E-state index contributed by atoms with van der Waals surface area (Å²) in [5.41, 5.74) is 9.64. The Morgan fingerprint density at radius 3 is 3.07 bits per heavy atom. The molecule has 0 atom stereocenters. The molecule has 1 aromatic rings. The van der Waals surface area contributed by atoms with E-state index in [-0.39, 0.29) is 5.91 Å². The van der Waals surface area contributed by atoms with Crippen molar-refractivity contribution in [2.24, 2.45) is 5.73 Å². The first-order chi connectivity index (χ1) is 7.20. The van der Waals surface area contributed by atoms with Crippen LogP contribution in [0.4, 0.5) is 5.69 Å². The van der Waals surface area contributed by atoms with Crippen molar-refractivity contribution < 1.29 is 4.79 Å². The number of carbonyl (C=O) groups is 1. The summed E-state index contributed by atoms with van der Waals surface area (Å²) in [5.74, 6) is 0.0676. The van der Waals surface area contributed by atoms with Crippen LogP contribution in [0.3, 0.4) is 0 Å². The van der Waals surface area contributed by atoms with Gasteiger partial charge in [-0.15, -0.1) is 0 Å². The standard InChI is InChI=1S/C12H14N2O/c1-8-5-9(3-2-4-13)12-10(6-8)7-11(15)14-12/h2-3,5-6H,4,7,13H2,1H3,(H,14,15)/b3-2+. The zero-order valence-electron chi connectivity index (χ0n) is 8.71. The lowest BCUT2D eigenvalue weighted by Gasteiger charge is -2.05. The topological polar surface area (TPSA) is 55.1 Å². The van der Waals surface area contributed by atoms with Crippen molar-refractivity contribution in [3.8, 4) is 0 Å². The second-order valence-electron chi connectivity index (χ2n) is 3.75. The van der Waals surface area contributed by atoms with Crippen molar-refractivity contribution in [1.29, 1.82) is 0 Å². The van der Waals surface area contributed by atoms with Crippen LogP contribution in [-0.4, -0.2) is 12.5 Å². The minimum atomic E-state index is 0.0676. The molecule has 0 saturated carbocycles. The van der Waals surface area contributed by atoms with E-state index in [2.05, 4.69) is 11.4 Å². The normalized spacial score (nSPS) is 14.4. The van der Waals surface area contributed by atoms with Gasteiger partial charge in [-0.05, 0) is 24.1 Å². The number of fused-ring (bicyclic) bond motifs is 1. The Labute approximate surface area is 89.0 Å². The van der Waals surface area contributed by atoms with E-state index in [9.17, 15) is 4.79 Å². The van der Waals surface area contributed by atoms with Gasteiger partial charge in [0.1, 0.15) is 0 Å². The Hall–Kier alpha value is -1.61. The summed E-state index contributed by atoms with van der Waals surface area (Å²) in [6, 6.07) is 4.10. The van der Waals surface area contributed by atoms with E-state index >= 15 is 0 Å². The van der Waals surface area contributed by atoms with E-state index in [1.54, 1.807) is 0 Å². The Bertz CT molecular complexity index is 435. The van der Waals surface area contributed by atoms with Gasteiger partial charge in [-0.25, -0.2) is 0 Å². The zero-order valence-corrected chi connectivity index (χ0v) is 8.71. The number of aryl methyl sites for hydroxylation is 1. The third-order valence-corrected chi connectivity index (χ3v) is 2.44. The lowest BCUT2D eigenvalue weighted by Crippen LogP contribution is -2.04. The minimum absolute atomic E-state index is 0.0676. The molecule has 1 aromatic carbocycles. The number of amides is 1. The van der Waals surface area contributed by atoms with Gasteiger partial charge in [-0.3, -0.25) is 4.79 Å². The molecule has 0 radical (unpaired) electrons. The van der Waals surface area contributed by atoms with Crippen LogP contribution in [0.1, 0.15) is 16.7 Å². The van der Waals surface area contributed by atoms with Gasteiger partial charge in [0.2, 0.25) is 5.91 Å². The first-order valence-electron chi connectivity index (χ1n) is 5.00. The highest BCUT2D eigenvalue weighted by atomic mass is 16.1. The maximum Gasteiger partial charge on any atom is 0.228 e. The predicted octanol–water partition coefficient (Wildman–Crippen LogP) is 1.46. The number of nitrogens with one attached hydrogen (secondary N) is 1. The van der Waals surface area contributed by atoms with Crippen LogP contribution in [0.5, 0.6) is 0 Å². The fourth-order valence-corrected chi connectivity index (χ4v) is 1.87. The fraction of sp³-hybridized carbons (Fsp3) is 0.250. The molecule has 1 aliphatic heterocycles. The van der Waals surface area contributed by atoms with Gasteiger partial charge in [0.15, 0.2) is 0 Å². The third-order valence-electron chi connectivity index (χ3n) is 2.44. The molecule has 0 unspecified atom stereocenters. The zero-order chi connectivity index (χ0) is 10.8. The number of hydrogen-bond acceptors (Lipinski definition) is 2. The molecule has 0 bridgehead atoms. The lowest BCUT2D eigenvalue weighted by molar-refractivity contribution is -0.115. The predicted molar refractivity (Wildman–Crippen MR) is 61.6 cm³/mol. The van der Waals surface area contributed by atoms with Gasteiger partial charge in [0.25, 0.3) is 0 Å². The molecule has 15 heavy (non-hydrogen) atoms. The van der Waals surface area contributed by atoms with Gasteiger partial charge in [0, 0.05) is 6.54 Å². The number of rotatable bonds is 2. The summed E-state index contributed by atoms with van der Waals surface area (Å²) in [6.07, 6.45) is 4.33. The third kappa shape index (κ3) is 1.92. The van der Waals surface area contributed by atoms with Gasteiger partial charge < -0.3 is 11.1 Å². The molecule has 2 rings (SSSR count). The van der Waals surface area contributed by atoms with E-state index in [1.165, 1.54) is 5.56 Å². The van der Waals surface area contributed by atoms with E-state index in [4.69, 9.17) is 5.73 Å². The second kappa shape index (κ2) is 3.87. The summed E-state index contributed by atoms with van der Waals surface area (Å²) >= 11 is 0. The van der Waals surface area contributed by atoms with Gasteiger partial charge >= 0.3 is 0 Å². The largest absolute Gasteiger partial charge is 0.327 e. The molecule has 0 fully saturated rings. The first kappa shape index (κ1) is 9.93. The molecule has 0 spiro atoms. The quantitative estimate of drug-likeness (QED) is 0.762. The van der Waals surface area contributed by atoms with Crippen molar-refractivity contribution in [2.45, 2.75) is 13.3 Å². The maximum absolute atomic E-state index is 11.3. The first-order valence-corrected chi connectivity index (χ1v) is 5.00. The average molecular weight is 202 g/mol. The Morgan fingerprint density at radius 1 is 1.53 bits per heavy atom. The molecular formula is C12H14N2O. The van der Waals surface area contributed by atoms with Crippen molar-refractivity contribution in [1.82, 2.24) is 0 Å². The summed E-state index contributed by atoms with van der Waals surface area (Å²) in [4.78, 5) is 11.3. The minimum Gasteiger partial charge on any atom is -0.327 e. The van der Waals surface area contributed by atoms with E-state index in [0.29, 0.717) is 13.0 Å². The summed E-state index contributed by atoms with van der Waals surface area (Å²) in [7, 11) is 0. The number of nitrogens with two attached hydrogens (primary N) is 1. The highest BCUT2D eigenvalue weighted by Crippen LogP contribution is 2.29. The molecule has 78 valence electrons. The van der Waals surface area contributed by atoms with Crippen LogP contribution in [0.2, 0.25) is 0 Å². The van der Waals surface area contributed by atoms with Gasteiger partial charge in [0.05, 0.1) is 12.1 Å². The van der Waals surface area contributed by atoms with Crippen molar-refractivity contribution in [3.63, 3.8) is 0 Å². The molecule has 0 saturated heterocycles. The molecule has 1 aliphatic rings. The average Bonchev–Trinajstić information content (AvgIpc) is 2.54. The van der Waals surface area contributed by atoms with Crippen LogP contribution in [0, 0.1) is 6.92 Å². The van der Waals surface area contributed by atoms with Crippen LogP contribution < -0.4 is 11.1 Å². The van der Waals surface area contributed by atoms with Gasteiger partial charge in [-0.1, -0.05) is 23.8 Å². The maximum atomic E-state index is 11.3. The van der Waals surface area contributed by atoms with Crippen LogP contribution >= 0.6 is 0 Å². The number of carbonyl (C=O) groups excluding carboxylic acids is 1. The molecule has 3 nitrogen and oxygen atoms in total. The van der Waals surface area contributed by atoms with E-state index in [1.807, 2.05) is 25.1 Å². The second-order valence-corrected chi connectivity index (χ2v) is 3.75. The molecule has 3 heteroatoms.